The summed E-state index contributed by atoms with van der Waals surface area (Å²) in [4.78, 5) is 25.3. The molecule has 1 unspecified atom stereocenters. The molecule has 2 atom stereocenters. The van der Waals surface area contributed by atoms with Crippen molar-refractivity contribution in [3.8, 4) is 0 Å². The van der Waals surface area contributed by atoms with Crippen LogP contribution in [0, 0.1) is 0 Å². The molecule has 0 spiro atoms. The van der Waals surface area contributed by atoms with Crippen LogP contribution in [0.3, 0.4) is 0 Å². The SMILES string of the molecule is CC.CC(=O)CC1CN(C)[C@H](Cc2ccccc2)C(=O)N1.CCC. The topological polar surface area (TPSA) is 49.4 Å². The number of Topliss-reactive ketones (excluding diaryl/α,β-unsaturated/α-hetero) is 1. The van der Waals surface area contributed by atoms with E-state index in [1.807, 2.05) is 56.1 Å². The van der Waals surface area contributed by atoms with Crippen LogP contribution in [0.5, 0.6) is 0 Å². The third kappa shape index (κ3) is 8.25. The summed E-state index contributed by atoms with van der Waals surface area (Å²) in [7, 11) is 1.94. The molecule has 4 heteroatoms. The van der Waals surface area contributed by atoms with Gasteiger partial charge in [-0.3, -0.25) is 14.5 Å². The maximum absolute atomic E-state index is 12.1. The van der Waals surface area contributed by atoms with E-state index >= 15 is 0 Å². The number of benzene rings is 1. The summed E-state index contributed by atoms with van der Waals surface area (Å²) in [5.41, 5.74) is 1.15. The summed E-state index contributed by atoms with van der Waals surface area (Å²) >= 11 is 0. The van der Waals surface area contributed by atoms with Gasteiger partial charge in [0.05, 0.1) is 6.04 Å². The van der Waals surface area contributed by atoms with E-state index in [1.54, 1.807) is 6.92 Å². The minimum Gasteiger partial charge on any atom is -0.350 e. The molecule has 1 aliphatic heterocycles. The first-order valence-corrected chi connectivity index (χ1v) is 9.01. The second-order valence-electron chi connectivity index (χ2n) is 5.96. The Morgan fingerprint density at radius 1 is 1.21 bits per heavy atom. The van der Waals surface area contributed by atoms with Crippen LogP contribution in [-0.4, -0.2) is 42.3 Å². The highest BCUT2D eigenvalue weighted by atomic mass is 16.2. The average molecular weight is 335 g/mol. The van der Waals surface area contributed by atoms with Crippen LogP contribution in [0.4, 0.5) is 0 Å². The van der Waals surface area contributed by atoms with Gasteiger partial charge < -0.3 is 5.32 Å². The molecule has 0 aromatic heterocycles. The van der Waals surface area contributed by atoms with E-state index in [0.29, 0.717) is 12.8 Å². The maximum atomic E-state index is 12.1. The zero-order chi connectivity index (χ0) is 18.5. The average Bonchev–Trinajstić information content (AvgIpc) is 2.54. The number of hydrogen-bond acceptors (Lipinski definition) is 3. The summed E-state index contributed by atoms with van der Waals surface area (Å²) in [5.74, 6) is 0.129. The van der Waals surface area contributed by atoms with Gasteiger partial charge in [-0.15, -0.1) is 0 Å². The van der Waals surface area contributed by atoms with E-state index in [-0.39, 0.29) is 23.8 Å². The molecule has 24 heavy (non-hydrogen) atoms. The van der Waals surface area contributed by atoms with Crippen LogP contribution in [-0.2, 0) is 16.0 Å². The number of likely N-dealkylation sites (N-methyl/N-ethyl adjacent to an activating group) is 1. The highest BCUT2D eigenvalue weighted by Crippen LogP contribution is 2.13. The van der Waals surface area contributed by atoms with Gasteiger partial charge in [-0.05, 0) is 26.0 Å². The Hall–Kier alpha value is -1.68. The van der Waals surface area contributed by atoms with E-state index in [9.17, 15) is 9.59 Å². The zero-order valence-corrected chi connectivity index (χ0v) is 16.1. The predicted octanol–water partition coefficient (Wildman–Crippen LogP) is 3.45. The molecule has 1 amide bonds. The van der Waals surface area contributed by atoms with Crippen molar-refractivity contribution in [3.63, 3.8) is 0 Å². The summed E-state index contributed by atoms with van der Waals surface area (Å²) in [6.45, 7) is 10.5. The Morgan fingerprint density at radius 2 is 1.75 bits per heavy atom. The Labute approximate surface area is 147 Å². The lowest BCUT2D eigenvalue weighted by Crippen LogP contribution is -2.59. The van der Waals surface area contributed by atoms with E-state index in [0.717, 1.165) is 12.1 Å². The molecular weight excluding hydrogens is 300 g/mol. The molecule has 2 rings (SSSR count). The van der Waals surface area contributed by atoms with Crippen molar-refractivity contribution >= 4 is 11.7 Å². The number of carbonyl (C=O) groups excluding carboxylic acids is 2. The standard InChI is InChI=1S/C15H20N2O2.C3H8.C2H6/c1-11(18)8-13-10-17(2)14(15(19)16-13)9-12-6-4-3-5-7-12;1-3-2;1-2/h3-7,13-14H,8-10H2,1-2H3,(H,16,19);3H2,1-2H3;1-2H3/t13?,14-;;/m1../s1. The first kappa shape index (κ1) is 22.3. The lowest BCUT2D eigenvalue weighted by Gasteiger charge is -2.36. The molecule has 1 N–H and O–H groups in total. The molecule has 0 radical (unpaired) electrons. The van der Waals surface area contributed by atoms with Gasteiger partial charge in [-0.2, -0.15) is 0 Å². The summed E-state index contributed by atoms with van der Waals surface area (Å²) < 4.78 is 0. The first-order valence-electron chi connectivity index (χ1n) is 9.01. The van der Waals surface area contributed by atoms with E-state index in [4.69, 9.17) is 0 Å². The second kappa shape index (κ2) is 12.7. The molecule has 4 nitrogen and oxygen atoms in total. The number of nitrogens with one attached hydrogen (secondary N) is 1. The fourth-order valence-electron chi connectivity index (χ4n) is 2.57. The Bertz CT molecular complexity index is 474. The molecule has 1 aliphatic rings. The summed E-state index contributed by atoms with van der Waals surface area (Å²) in [5, 5.41) is 2.95. The number of hydrogen-bond donors (Lipinski definition) is 1. The van der Waals surface area contributed by atoms with E-state index < -0.39 is 0 Å². The minimum atomic E-state index is -0.148. The number of piperazine rings is 1. The molecule has 1 aromatic rings. The van der Waals surface area contributed by atoms with Gasteiger partial charge in [-0.25, -0.2) is 0 Å². The summed E-state index contributed by atoms with van der Waals surface area (Å²) in [6, 6.07) is 9.79. The molecule has 0 aliphatic carbocycles. The van der Waals surface area contributed by atoms with Gasteiger partial charge >= 0.3 is 0 Å². The Balaban J connectivity index is 0.000000952. The van der Waals surface area contributed by atoms with Crippen molar-refractivity contribution in [2.24, 2.45) is 0 Å². The summed E-state index contributed by atoms with van der Waals surface area (Å²) in [6.07, 6.45) is 2.37. The van der Waals surface area contributed by atoms with Gasteiger partial charge in [0.25, 0.3) is 0 Å². The van der Waals surface area contributed by atoms with E-state index in [1.165, 1.54) is 6.42 Å². The largest absolute Gasteiger partial charge is 0.350 e. The van der Waals surface area contributed by atoms with Gasteiger partial charge in [0, 0.05) is 19.0 Å². The minimum absolute atomic E-state index is 0.0175. The molecular formula is C20H34N2O2. The Kier molecular flexibility index (Phi) is 11.8. The third-order valence-electron chi connectivity index (χ3n) is 3.50. The number of nitrogens with zero attached hydrogens (tertiary/aromatic N) is 1. The monoisotopic (exact) mass is 334 g/mol. The van der Waals surface area contributed by atoms with Crippen molar-refractivity contribution in [3.05, 3.63) is 35.9 Å². The Morgan fingerprint density at radius 3 is 2.21 bits per heavy atom. The van der Waals surface area contributed by atoms with Crippen LogP contribution >= 0.6 is 0 Å². The molecule has 1 heterocycles. The van der Waals surface area contributed by atoms with Crippen molar-refractivity contribution < 1.29 is 9.59 Å². The van der Waals surface area contributed by atoms with Crippen LogP contribution in [0.1, 0.15) is 53.0 Å². The van der Waals surface area contributed by atoms with Crippen LogP contribution in [0.25, 0.3) is 0 Å². The lowest BCUT2D eigenvalue weighted by atomic mass is 9.99. The first-order chi connectivity index (χ1) is 11.5. The van der Waals surface area contributed by atoms with Crippen molar-refractivity contribution in [1.82, 2.24) is 10.2 Å². The van der Waals surface area contributed by atoms with Crippen molar-refractivity contribution in [2.75, 3.05) is 13.6 Å². The lowest BCUT2D eigenvalue weighted by molar-refractivity contribution is -0.130. The highest BCUT2D eigenvalue weighted by molar-refractivity contribution is 5.84. The predicted molar refractivity (Wildman–Crippen MR) is 101 cm³/mol. The fraction of sp³-hybridized carbons (Fsp3) is 0.600. The molecule has 1 aromatic carbocycles. The number of ketones is 1. The normalized spacial score (nSPS) is 20.0. The van der Waals surface area contributed by atoms with Gasteiger partial charge in [0.2, 0.25) is 5.91 Å². The molecule has 1 fully saturated rings. The maximum Gasteiger partial charge on any atom is 0.237 e. The van der Waals surface area contributed by atoms with Crippen LogP contribution in [0.2, 0.25) is 0 Å². The van der Waals surface area contributed by atoms with Crippen LogP contribution in [0.15, 0.2) is 30.3 Å². The smallest absolute Gasteiger partial charge is 0.237 e. The van der Waals surface area contributed by atoms with Crippen molar-refractivity contribution in [1.29, 1.82) is 0 Å². The molecule has 136 valence electrons. The van der Waals surface area contributed by atoms with Crippen LogP contribution < -0.4 is 5.32 Å². The highest BCUT2D eigenvalue weighted by Gasteiger charge is 2.32. The fourth-order valence-corrected chi connectivity index (χ4v) is 2.57. The second-order valence-corrected chi connectivity index (χ2v) is 5.96. The third-order valence-corrected chi connectivity index (χ3v) is 3.50. The number of carbonyl (C=O) groups is 2. The molecule has 0 bridgehead atoms. The van der Waals surface area contributed by atoms with E-state index in [2.05, 4.69) is 19.2 Å². The zero-order valence-electron chi connectivity index (χ0n) is 16.1. The molecule has 0 saturated carbocycles. The number of amides is 1. The molecule has 1 saturated heterocycles. The number of rotatable bonds is 4. The van der Waals surface area contributed by atoms with Gasteiger partial charge in [-0.1, -0.05) is 64.4 Å². The van der Waals surface area contributed by atoms with Crippen molar-refractivity contribution in [2.45, 2.75) is 66.0 Å². The van der Waals surface area contributed by atoms with Gasteiger partial charge in [0.1, 0.15) is 5.78 Å². The quantitative estimate of drug-likeness (QED) is 0.917. The van der Waals surface area contributed by atoms with Gasteiger partial charge in [0.15, 0.2) is 0 Å².